The third kappa shape index (κ3) is 5.29. The van der Waals surface area contributed by atoms with Crippen molar-refractivity contribution >= 4 is 5.96 Å². The molecule has 2 rings (SSSR count). The van der Waals surface area contributed by atoms with Gasteiger partial charge in [-0.15, -0.1) is 0 Å². The average molecular weight is 289 g/mol. The first-order chi connectivity index (χ1) is 10.3. The molecule has 0 aliphatic heterocycles. The first kappa shape index (κ1) is 15.7. The standard InChI is InChI=1S/C17H27N3O/c1-2-21-16-11-7-6-8-14(16)12-13-19-17(18)20-15-9-4-3-5-10-15/h6-8,11,15H,2-5,9-10,12-13H2,1H3,(H3,18,19,20). The second-order valence-electron chi connectivity index (χ2n) is 5.54. The van der Waals surface area contributed by atoms with Crippen molar-refractivity contribution in [1.29, 1.82) is 0 Å². The van der Waals surface area contributed by atoms with E-state index < -0.39 is 0 Å². The van der Waals surface area contributed by atoms with E-state index in [-0.39, 0.29) is 0 Å². The first-order valence-corrected chi connectivity index (χ1v) is 8.06. The van der Waals surface area contributed by atoms with Gasteiger partial charge in [-0.05, 0) is 37.8 Å². The predicted molar refractivity (Wildman–Crippen MR) is 87.8 cm³/mol. The van der Waals surface area contributed by atoms with Gasteiger partial charge >= 0.3 is 0 Å². The molecule has 0 saturated heterocycles. The van der Waals surface area contributed by atoms with Crippen LogP contribution in [-0.2, 0) is 6.42 Å². The molecule has 1 fully saturated rings. The summed E-state index contributed by atoms with van der Waals surface area (Å²) < 4.78 is 5.62. The molecule has 4 heteroatoms. The van der Waals surface area contributed by atoms with Crippen molar-refractivity contribution in [3.05, 3.63) is 29.8 Å². The lowest BCUT2D eigenvalue weighted by atomic mass is 9.96. The molecule has 116 valence electrons. The Kier molecular flexibility index (Phi) is 6.38. The number of nitrogens with one attached hydrogen (secondary N) is 1. The molecule has 1 aromatic rings. The normalized spacial score (nSPS) is 16.7. The molecule has 0 radical (unpaired) electrons. The zero-order valence-electron chi connectivity index (χ0n) is 13.0. The maximum absolute atomic E-state index is 5.97. The van der Waals surface area contributed by atoms with Gasteiger partial charge in [-0.25, -0.2) is 0 Å². The summed E-state index contributed by atoms with van der Waals surface area (Å²) in [5.41, 5.74) is 7.16. The lowest BCUT2D eigenvalue weighted by Crippen LogP contribution is -2.41. The molecule has 21 heavy (non-hydrogen) atoms. The van der Waals surface area contributed by atoms with Gasteiger partial charge in [0.25, 0.3) is 0 Å². The molecule has 0 aromatic heterocycles. The first-order valence-electron chi connectivity index (χ1n) is 8.06. The van der Waals surface area contributed by atoms with Crippen molar-refractivity contribution in [1.82, 2.24) is 5.32 Å². The van der Waals surface area contributed by atoms with Crippen molar-refractivity contribution in [2.75, 3.05) is 13.2 Å². The Balaban J connectivity index is 1.80. The highest BCUT2D eigenvalue weighted by Gasteiger charge is 2.13. The van der Waals surface area contributed by atoms with Crippen LogP contribution in [0.25, 0.3) is 0 Å². The molecular weight excluding hydrogens is 262 g/mol. The van der Waals surface area contributed by atoms with Gasteiger partial charge in [-0.2, -0.15) is 0 Å². The van der Waals surface area contributed by atoms with Crippen molar-refractivity contribution in [3.8, 4) is 5.75 Å². The number of aliphatic imine (C=N–C) groups is 1. The van der Waals surface area contributed by atoms with E-state index in [1.807, 2.05) is 25.1 Å². The van der Waals surface area contributed by atoms with E-state index in [0.29, 0.717) is 25.2 Å². The monoisotopic (exact) mass is 289 g/mol. The highest BCUT2D eigenvalue weighted by atomic mass is 16.5. The molecular formula is C17H27N3O. The molecule has 1 aromatic carbocycles. The Bertz CT molecular complexity index is 453. The summed E-state index contributed by atoms with van der Waals surface area (Å²) in [7, 11) is 0. The van der Waals surface area contributed by atoms with Crippen LogP contribution < -0.4 is 15.8 Å². The topological polar surface area (TPSA) is 59.6 Å². The summed E-state index contributed by atoms with van der Waals surface area (Å²) in [6.07, 6.45) is 7.22. The number of nitrogens with zero attached hydrogens (tertiary/aromatic N) is 1. The molecule has 1 saturated carbocycles. The largest absolute Gasteiger partial charge is 0.494 e. The number of nitrogens with two attached hydrogens (primary N) is 1. The maximum Gasteiger partial charge on any atom is 0.188 e. The van der Waals surface area contributed by atoms with Gasteiger partial charge in [-0.3, -0.25) is 4.99 Å². The van der Waals surface area contributed by atoms with Gasteiger partial charge in [0.15, 0.2) is 5.96 Å². The van der Waals surface area contributed by atoms with E-state index in [2.05, 4.69) is 16.4 Å². The molecule has 1 aliphatic rings. The second-order valence-corrected chi connectivity index (χ2v) is 5.54. The van der Waals surface area contributed by atoms with E-state index in [1.165, 1.54) is 37.7 Å². The average Bonchev–Trinajstić information content (AvgIpc) is 2.50. The number of guanidine groups is 1. The van der Waals surface area contributed by atoms with Crippen molar-refractivity contribution in [2.24, 2.45) is 10.7 Å². The van der Waals surface area contributed by atoms with E-state index in [4.69, 9.17) is 10.5 Å². The van der Waals surface area contributed by atoms with Gasteiger partial charge in [0.05, 0.1) is 6.61 Å². The second kappa shape index (κ2) is 8.55. The van der Waals surface area contributed by atoms with Crippen molar-refractivity contribution in [3.63, 3.8) is 0 Å². The minimum absolute atomic E-state index is 0.512. The zero-order chi connectivity index (χ0) is 14.9. The summed E-state index contributed by atoms with van der Waals surface area (Å²) in [5.74, 6) is 1.53. The molecule has 0 spiro atoms. The Labute approximate surface area is 127 Å². The van der Waals surface area contributed by atoms with E-state index in [0.717, 1.165) is 12.2 Å². The minimum atomic E-state index is 0.512. The number of hydrogen-bond donors (Lipinski definition) is 2. The van der Waals surface area contributed by atoms with Crippen molar-refractivity contribution in [2.45, 2.75) is 51.5 Å². The van der Waals surface area contributed by atoms with Crippen molar-refractivity contribution < 1.29 is 4.74 Å². The molecule has 1 aliphatic carbocycles. The maximum atomic E-state index is 5.97. The van der Waals surface area contributed by atoms with E-state index in [1.54, 1.807) is 0 Å². The van der Waals surface area contributed by atoms with Crippen LogP contribution in [0, 0.1) is 0 Å². The van der Waals surface area contributed by atoms with Crippen LogP contribution in [-0.4, -0.2) is 25.2 Å². The molecule has 0 unspecified atom stereocenters. The lowest BCUT2D eigenvalue weighted by Gasteiger charge is -2.23. The van der Waals surface area contributed by atoms with E-state index >= 15 is 0 Å². The van der Waals surface area contributed by atoms with Gasteiger partial charge < -0.3 is 15.8 Å². The third-order valence-corrected chi connectivity index (χ3v) is 3.89. The Morgan fingerprint density at radius 3 is 2.81 bits per heavy atom. The summed E-state index contributed by atoms with van der Waals surface area (Å²) in [4.78, 5) is 4.44. The fourth-order valence-electron chi connectivity index (χ4n) is 2.81. The molecule has 3 N–H and O–H groups in total. The van der Waals surface area contributed by atoms with Gasteiger partial charge in [0.2, 0.25) is 0 Å². The van der Waals surface area contributed by atoms with Crippen LogP contribution >= 0.6 is 0 Å². The van der Waals surface area contributed by atoms with Crippen LogP contribution in [0.3, 0.4) is 0 Å². The SMILES string of the molecule is CCOc1ccccc1CCN=C(N)NC1CCCCC1. The van der Waals surface area contributed by atoms with Gasteiger partial charge in [0.1, 0.15) is 5.75 Å². The highest BCUT2D eigenvalue weighted by Crippen LogP contribution is 2.19. The number of rotatable bonds is 6. The fraction of sp³-hybridized carbons (Fsp3) is 0.588. The number of ether oxygens (including phenoxy) is 1. The fourth-order valence-corrected chi connectivity index (χ4v) is 2.81. The van der Waals surface area contributed by atoms with Gasteiger partial charge in [-0.1, -0.05) is 37.5 Å². The minimum Gasteiger partial charge on any atom is -0.494 e. The zero-order valence-corrected chi connectivity index (χ0v) is 13.0. The Hall–Kier alpha value is -1.71. The number of benzene rings is 1. The van der Waals surface area contributed by atoms with Crippen LogP contribution in [0.4, 0.5) is 0 Å². The molecule has 4 nitrogen and oxygen atoms in total. The Morgan fingerprint density at radius 1 is 1.29 bits per heavy atom. The molecule has 0 atom stereocenters. The van der Waals surface area contributed by atoms with Crippen LogP contribution in [0.1, 0.15) is 44.6 Å². The highest BCUT2D eigenvalue weighted by molar-refractivity contribution is 5.78. The number of para-hydroxylation sites is 1. The van der Waals surface area contributed by atoms with Crippen LogP contribution in [0.5, 0.6) is 5.75 Å². The van der Waals surface area contributed by atoms with Crippen LogP contribution in [0.15, 0.2) is 29.3 Å². The smallest absolute Gasteiger partial charge is 0.188 e. The molecule has 0 bridgehead atoms. The molecule has 0 amide bonds. The molecule has 0 heterocycles. The summed E-state index contributed by atoms with van der Waals surface area (Å²) in [5, 5.41) is 3.34. The van der Waals surface area contributed by atoms with Gasteiger partial charge in [0, 0.05) is 12.6 Å². The van der Waals surface area contributed by atoms with Crippen LogP contribution in [0.2, 0.25) is 0 Å². The quantitative estimate of drug-likeness (QED) is 0.625. The lowest BCUT2D eigenvalue weighted by molar-refractivity contribution is 0.336. The summed E-state index contributed by atoms with van der Waals surface area (Å²) in [6.45, 7) is 3.38. The third-order valence-electron chi connectivity index (χ3n) is 3.89. The predicted octanol–water partition coefficient (Wildman–Crippen LogP) is 2.86. The summed E-state index contributed by atoms with van der Waals surface area (Å²) in [6, 6.07) is 8.64. The van der Waals surface area contributed by atoms with E-state index in [9.17, 15) is 0 Å². The Morgan fingerprint density at radius 2 is 2.05 bits per heavy atom. The number of hydrogen-bond acceptors (Lipinski definition) is 2. The summed E-state index contributed by atoms with van der Waals surface area (Å²) >= 11 is 0.